The maximum absolute atomic E-state index is 10.9. The van der Waals surface area contributed by atoms with Crippen LogP contribution in [0.15, 0.2) is 0 Å². The molecular formula is C7H8O5. The normalized spacial score (nSPS) is 38.8. The highest BCUT2D eigenvalue weighted by atomic mass is 16.7. The van der Waals surface area contributed by atoms with Crippen LogP contribution in [0.2, 0.25) is 0 Å². The molecule has 0 amide bonds. The van der Waals surface area contributed by atoms with Gasteiger partial charge >= 0.3 is 5.97 Å². The van der Waals surface area contributed by atoms with Crippen LogP contribution in [0, 0.1) is 0 Å². The molecule has 3 unspecified atom stereocenters. The van der Waals surface area contributed by atoms with Crippen LogP contribution in [0.1, 0.15) is 6.92 Å². The van der Waals surface area contributed by atoms with Gasteiger partial charge in [-0.1, -0.05) is 0 Å². The summed E-state index contributed by atoms with van der Waals surface area (Å²) >= 11 is 0. The van der Waals surface area contributed by atoms with Gasteiger partial charge in [-0.3, -0.25) is 9.59 Å². The molecule has 2 heterocycles. The molecular weight excluding hydrogens is 164 g/mol. The molecule has 5 nitrogen and oxygen atoms in total. The Morgan fingerprint density at radius 3 is 3.08 bits per heavy atom. The first kappa shape index (κ1) is 7.70. The fourth-order valence-corrected chi connectivity index (χ4v) is 1.20. The van der Waals surface area contributed by atoms with E-state index in [-0.39, 0.29) is 18.5 Å². The molecule has 0 aromatic heterocycles. The maximum atomic E-state index is 10.9. The molecule has 0 radical (unpaired) electrons. The SMILES string of the molecule is CC(=O)OC1OCC(=O)C2OC12. The number of esters is 1. The zero-order valence-corrected chi connectivity index (χ0v) is 6.48. The number of ether oxygens (including phenoxy) is 3. The molecule has 2 aliphatic rings. The Morgan fingerprint density at radius 1 is 1.67 bits per heavy atom. The Labute approximate surface area is 68.6 Å². The summed E-state index contributed by atoms with van der Waals surface area (Å²) in [4.78, 5) is 21.4. The minimum Gasteiger partial charge on any atom is -0.433 e. The van der Waals surface area contributed by atoms with Crippen molar-refractivity contribution in [2.75, 3.05) is 6.61 Å². The van der Waals surface area contributed by atoms with E-state index in [1.165, 1.54) is 6.92 Å². The number of rotatable bonds is 1. The first-order valence-electron chi connectivity index (χ1n) is 3.65. The van der Waals surface area contributed by atoms with E-state index in [1.807, 2.05) is 0 Å². The molecule has 3 atom stereocenters. The van der Waals surface area contributed by atoms with Gasteiger partial charge < -0.3 is 14.2 Å². The number of Topliss-reactive ketones (excluding diaryl/α,β-unsaturated/α-hetero) is 1. The van der Waals surface area contributed by atoms with Crippen molar-refractivity contribution in [3.05, 3.63) is 0 Å². The van der Waals surface area contributed by atoms with E-state index < -0.39 is 18.4 Å². The number of carbonyl (C=O) groups excluding carboxylic acids is 2. The molecule has 0 saturated carbocycles. The van der Waals surface area contributed by atoms with E-state index in [2.05, 4.69) is 0 Å². The molecule has 2 rings (SSSR count). The monoisotopic (exact) mass is 172 g/mol. The van der Waals surface area contributed by atoms with Crippen molar-refractivity contribution in [2.45, 2.75) is 25.4 Å². The van der Waals surface area contributed by atoms with E-state index in [0.717, 1.165) is 0 Å². The van der Waals surface area contributed by atoms with Crippen molar-refractivity contribution in [3.8, 4) is 0 Å². The van der Waals surface area contributed by atoms with E-state index in [0.29, 0.717) is 0 Å². The Hall–Kier alpha value is -0.940. The van der Waals surface area contributed by atoms with E-state index >= 15 is 0 Å². The van der Waals surface area contributed by atoms with Gasteiger partial charge in [0.05, 0.1) is 0 Å². The third kappa shape index (κ3) is 1.21. The Morgan fingerprint density at radius 2 is 2.42 bits per heavy atom. The predicted octanol–water partition coefficient (Wildman–Crippen LogP) is -0.758. The van der Waals surface area contributed by atoms with Crippen LogP contribution >= 0.6 is 0 Å². The lowest BCUT2D eigenvalue weighted by atomic mass is 10.2. The third-order valence-electron chi connectivity index (χ3n) is 1.78. The highest BCUT2D eigenvalue weighted by Crippen LogP contribution is 2.32. The standard InChI is InChI=1S/C7H8O5/c1-3(8)11-7-6-5(12-6)4(9)2-10-7/h5-7H,2H2,1H3. The first-order chi connectivity index (χ1) is 5.68. The van der Waals surface area contributed by atoms with Crippen LogP contribution in [0.5, 0.6) is 0 Å². The minimum atomic E-state index is -0.690. The Bertz CT molecular complexity index is 236. The molecule has 2 saturated heterocycles. The maximum Gasteiger partial charge on any atom is 0.305 e. The van der Waals surface area contributed by atoms with Crippen molar-refractivity contribution in [1.82, 2.24) is 0 Å². The van der Waals surface area contributed by atoms with Gasteiger partial charge in [0.2, 0.25) is 6.29 Å². The Kier molecular flexibility index (Phi) is 1.62. The van der Waals surface area contributed by atoms with Gasteiger partial charge in [-0.15, -0.1) is 0 Å². The van der Waals surface area contributed by atoms with Gasteiger partial charge in [0.1, 0.15) is 6.61 Å². The molecule has 0 aromatic carbocycles. The molecule has 66 valence electrons. The van der Waals surface area contributed by atoms with Crippen LogP contribution in [0.3, 0.4) is 0 Å². The quantitative estimate of drug-likeness (QED) is 0.384. The van der Waals surface area contributed by atoms with Gasteiger partial charge in [-0.25, -0.2) is 0 Å². The topological polar surface area (TPSA) is 65.1 Å². The molecule has 2 aliphatic heterocycles. The fourth-order valence-electron chi connectivity index (χ4n) is 1.20. The summed E-state index contributed by atoms with van der Waals surface area (Å²) in [7, 11) is 0. The summed E-state index contributed by atoms with van der Waals surface area (Å²) in [5, 5.41) is 0. The number of hydrogen-bond donors (Lipinski definition) is 0. The van der Waals surface area contributed by atoms with Crippen molar-refractivity contribution in [3.63, 3.8) is 0 Å². The highest BCUT2D eigenvalue weighted by molar-refractivity contribution is 5.88. The van der Waals surface area contributed by atoms with E-state index in [9.17, 15) is 9.59 Å². The van der Waals surface area contributed by atoms with Crippen molar-refractivity contribution in [1.29, 1.82) is 0 Å². The van der Waals surface area contributed by atoms with Gasteiger partial charge in [0.25, 0.3) is 0 Å². The van der Waals surface area contributed by atoms with Crippen LogP contribution in [0.4, 0.5) is 0 Å². The zero-order chi connectivity index (χ0) is 8.72. The second kappa shape index (κ2) is 2.53. The average molecular weight is 172 g/mol. The van der Waals surface area contributed by atoms with E-state index in [1.54, 1.807) is 0 Å². The summed E-state index contributed by atoms with van der Waals surface area (Å²) in [6, 6.07) is 0. The average Bonchev–Trinajstić information content (AvgIpc) is 2.73. The van der Waals surface area contributed by atoms with Crippen LogP contribution in [-0.2, 0) is 23.8 Å². The largest absolute Gasteiger partial charge is 0.433 e. The number of hydrogen-bond acceptors (Lipinski definition) is 5. The van der Waals surface area contributed by atoms with Gasteiger partial charge in [0, 0.05) is 6.92 Å². The highest BCUT2D eigenvalue weighted by Gasteiger charge is 2.55. The summed E-state index contributed by atoms with van der Waals surface area (Å²) in [6.07, 6.45) is -1.46. The van der Waals surface area contributed by atoms with E-state index in [4.69, 9.17) is 14.2 Å². The summed E-state index contributed by atoms with van der Waals surface area (Å²) in [6.45, 7) is 1.26. The molecule has 0 bridgehead atoms. The lowest BCUT2D eigenvalue weighted by Crippen LogP contribution is -2.36. The minimum absolute atomic E-state index is 0.0287. The molecule has 12 heavy (non-hydrogen) atoms. The van der Waals surface area contributed by atoms with Gasteiger partial charge in [-0.2, -0.15) is 0 Å². The molecule has 2 fully saturated rings. The van der Waals surface area contributed by atoms with Crippen LogP contribution in [0.25, 0.3) is 0 Å². The molecule has 5 heteroatoms. The number of ketones is 1. The molecule has 0 aliphatic carbocycles. The lowest BCUT2D eigenvalue weighted by Gasteiger charge is -2.17. The van der Waals surface area contributed by atoms with Gasteiger partial charge in [0.15, 0.2) is 18.0 Å². The van der Waals surface area contributed by atoms with Crippen molar-refractivity contribution >= 4 is 11.8 Å². The molecule has 0 spiro atoms. The van der Waals surface area contributed by atoms with Gasteiger partial charge in [-0.05, 0) is 0 Å². The number of epoxide rings is 1. The molecule has 0 aromatic rings. The molecule has 0 N–H and O–H groups in total. The fraction of sp³-hybridized carbons (Fsp3) is 0.714. The van der Waals surface area contributed by atoms with Crippen molar-refractivity contribution < 1.29 is 23.8 Å². The summed E-state index contributed by atoms with van der Waals surface area (Å²) < 4.78 is 14.6. The number of carbonyl (C=O) groups is 2. The second-order valence-electron chi connectivity index (χ2n) is 2.78. The first-order valence-corrected chi connectivity index (χ1v) is 3.65. The second-order valence-corrected chi connectivity index (χ2v) is 2.78. The number of fused-ring (bicyclic) bond motifs is 1. The van der Waals surface area contributed by atoms with Crippen molar-refractivity contribution in [2.24, 2.45) is 0 Å². The lowest BCUT2D eigenvalue weighted by molar-refractivity contribution is -0.184. The smallest absolute Gasteiger partial charge is 0.305 e. The van der Waals surface area contributed by atoms with Crippen LogP contribution in [-0.4, -0.2) is 36.9 Å². The third-order valence-corrected chi connectivity index (χ3v) is 1.78. The van der Waals surface area contributed by atoms with Crippen LogP contribution < -0.4 is 0 Å². The Balaban J connectivity index is 1.94. The summed E-state index contributed by atoms with van der Waals surface area (Å²) in [5.41, 5.74) is 0. The zero-order valence-electron chi connectivity index (χ0n) is 6.48. The summed E-state index contributed by atoms with van der Waals surface area (Å²) in [5.74, 6) is -0.507. The predicted molar refractivity (Wildman–Crippen MR) is 35.2 cm³/mol.